The molecule has 4 heterocycles. The number of fused-ring (bicyclic) bond motifs is 10. The van der Waals surface area contributed by atoms with E-state index in [2.05, 4.69) is 31.0 Å². The molecule has 0 saturated heterocycles. The SMILES string of the molecule is Cc1c2c(nn1C)C(=O)N1c3ccc4[nH]cnc4c3-c3cc(Br)c(F)c(F)c3C21. The molecule has 1 atom stereocenters. The van der Waals surface area contributed by atoms with Crippen molar-refractivity contribution in [1.29, 1.82) is 0 Å². The maximum absolute atomic E-state index is 15.4. The minimum atomic E-state index is -0.983. The van der Waals surface area contributed by atoms with Crippen molar-refractivity contribution >= 4 is 38.6 Å². The Bertz CT molecular complexity index is 1410. The molecule has 4 aromatic rings. The number of imidazole rings is 1. The van der Waals surface area contributed by atoms with Crippen LogP contribution in [0.5, 0.6) is 0 Å². The number of nitrogens with one attached hydrogen (secondary N) is 1. The fourth-order valence-corrected chi connectivity index (χ4v) is 4.94. The normalized spacial score (nSPS) is 16.8. The van der Waals surface area contributed by atoms with Crippen LogP contribution in [0.4, 0.5) is 14.5 Å². The van der Waals surface area contributed by atoms with Crippen LogP contribution in [0.25, 0.3) is 22.2 Å². The summed E-state index contributed by atoms with van der Waals surface area (Å²) in [6, 6.07) is 4.41. The quantitative estimate of drug-likeness (QED) is 0.400. The first-order chi connectivity index (χ1) is 13.9. The van der Waals surface area contributed by atoms with Gasteiger partial charge in [-0.05, 0) is 46.6 Å². The van der Waals surface area contributed by atoms with Crippen molar-refractivity contribution in [1.82, 2.24) is 19.7 Å². The van der Waals surface area contributed by atoms with Crippen LogP contribution in [0.2, 0.25) is 0 Å². The molecule has 0 radical (unpaired) electrons. The molecule has 0 saturated carbocycles. The number of nitrogens with zero attached hydrogens (tertiary/aromatic N) is 4. The number of hydrogen-bond acceptors (Lipinski definition) is 3. The highest BCUT2D eigenvalue weighted by molar-refractivity contribution is 9.10. The number of amides is 1. The van der Waals surface area contributed by atoms with E-state index in [4.69, 9.17) is 0 Å². The molecule has 0 aliphatic carbocycles. The van der Waals surface area contributed by atoms with Crippen LogP contribution in [-0.2, 0) is 7.05 Å². The van der Waals surface area contributed by atoms with E-state index in [0.29, 0.717) is 27.9 Å². The summed E-state index contributed by atoms with van der Waals surface area (Å²) in [7, 11) is 1.73. The number of halogens is 3. The van der Waals surface area contributed by atoms with E-state index in [1.807, 2.05) is 13.0 Å². The van der Waals surface area contributed by atoms with Gasteiger partial charge in [-0.1, -0.05) is 0 Å². The number of H-pyrrole nitrogens is 1. The van der Waals surface area contributed by atoms with Gasteiger partial charge in [-0.25, -0.2) is 13.8 Å². The van der Waals surface area contributed by atoms with E-state index < -0.39 is 17.7 Å². The first-order valence-electron chi connectivity index (χ1n) is 8.91. The second-order valence-electron chi connectivity index (χ2n) is 7.25. The molecule has 2 aliphatic heterocycles. The molecule has 2 aromatic carbocycles. The Hall–Kier alpha value is -3.07. The van der Waals surface area contributed by atoms with Gasteiger partial charge in [0, 0.05) is 29.4 Å². The fraction of sp³-hybridized carbons (Fsp3) is 0.150. The Morgan fingerprint density at radius 1 is 1.21 bits per heavy atom. The highest BCUT2D eigenvalue weighted by Gasteiger charge is 2.49. The molecule has 0 fully saturated rings. The first kappa shape index (κ1) is 16.8. The molecule has 2 aliphatic rings. The Labute approximate surface area is 171 Å². The zero-order valence-electron chi connectivity index (χ0n) is 15.2. The predicted molar refractivity (Wildman–Crippen MR) is 106 cm³/mol. The smallest absolute Gasteiger partial charge is 0.280 e. The maximum Gasteiger partial charge on any atom is 0.280 e. The molecular weight excluding hydrogens is 444 g/mol. The molecule has 29 heavy (non-hydrogen) atoms. The van der Waals surface area contributed by atoms with Gasteiger partial charge in [0.25, 0.3) is 5.91 Å². The minimum absolute atomic E-state index is 0.0214. The molecular formula is C20H12BrF2N5O. The third kappa shape index (κ3) is 1.86. The number of aryl methyl sites for hydroxylation is 1. The van der Waals surface area contributed by atoms with Gasteiger partial charge in [0.1, 0.15) is 0 Å². The predicted octanol–water partition coefficient (Wildman–Crippen LogP) is 4.38. The second-order valence-corrected chi connectivity index (χ2v) is 8.11. The topological polar surface area (TPSA) is 66.8 Å². The molecule has 2 aromatic heterocycles. The van der Waals surface area contributed by atoms with Gasteiger partial charge < -0.3 is 4.98 Å². The Kier molecular flexibility index (Phi) is 3.08. The monoisotopic (exact) mass is 455 g/mol. The lowest BCUT2D eigenvalue weighted by atomic mass is 9.85. The van der Waals surface area contributed by atoms with Crippen LogP contribution in [0.1, 0.15) is 33.4 Å². The lowest BCUT2D eigenvalue weighted by Gasteiger charge is -2.35. The third-order valence-corrected chi connectivity index (χ3v) is 6.48. The van der Waals surface area contributed by atoms with Gasteiger partial charge >= 0.3 is 0 Å². The molecule has 1 amide bonds. The summed E-state index contributed by atoms with van der Waals surface area (Å²) in [5.74, 6) is -2.30. The molecule has 6 rings (SSSR count). The van der Waals surface area contributed by atoms with Crippen LogP contribution in [0.3, 0.4) is 0 Å². The zero-order valence-corrected chi connectivity index (χ0v) is 16.8. The Morgan fingerprint density at radius 2 is 2.00 bits per heavy atom. The molecule has 144 valence electrons. The average molecular weight is 456 g/mol. The van der Waals surface area contributed by atoms with Crippen molar-refractivity contribution in [3.8, 4) is 11.1 Å². The average Bonchev–Trinajstić information content (AvgIpc) is 3.36. The summed E-state index contributed by atoms with van der Waals surface area (Å²) in [5, 5.41) is 4.34. The van der Waals surface area contributed by atoms with E-state index in [-0.39, 0.29) is 21.6 Å². The van der Waals surface area contributed by atoms with Crippen molar-refractivity contribution in [3.05, 3.63) is 63.1 Å². The molecule has 6 nitrogen and oxygen atoms in total. The van der Waals surface area contributed by atoms with Crippen LogP contribution in [0.15, 0.2) is 29.0 Å². The third-order valence-electron chi connectivity index (χ3n) is 5.91. The number of carbonyl (C=O) groups is 1. The zero-order chi connectivity index (χ0) is 20.2. The van der Waals surface area contributed by atoms with Crippen LogP contribution in [-0.4, -0.2) is 25.7 Å². The van der Waals surface area contributed by atoms with Crippen molar-refractivity contribution in [2.45, 2.75) is 13.0 Å². The fourth-order valence-electron chi connectivity index (χ4n) is 4.54. The number of carbonyl (C=O) groups excluding carboxylic acids is 1. The number of aromatic amines is 1. The van der Waals surface area contributed by atoms with E-state index in [1.54, 1.807) is 23.9 Å². The van der Waals surface area contributed by atoms with Crippen molar-refractivity contribution in [3.63, 3.8) is 0 Å². The van der Waals surface area contributed by atoms with E-state index in [1.165, 1.54) is 11.2 Å². The van der Waals surface area contributed by atoms with Crippen molar-refractivity contribution in [2.24, 2.45) is 7.05 Å². The van der Waals surface area contributed by atoms with Gasteiger partial charge in [0.15, 0.2) is 17.3 Å². The van der Waals surface area contributed by atoms with Gasteiger partial charge in [0.05, 0.1) is 33.6 Å². The summed E-state index contributed by atoms with van der Waals surface area (Å²) in [6.07, 6.45) is 1.54. The lowest BCUT2D eigenvalue weighted by Crippen LogP contribution is -2.34. The molecule has 1 unspecified atom stereocenters. The summed E-state index contributed by atoms with van der Waals surface area (Å²) in [5.41, 5.74) is 4.76. The number of anilines is 1. The standard InChI is InChI=1S/C20H12BrF2N5O/c1-7-12-18(26-27(7)2)20(29)28-11-4-3-10-17(25-6-24-10)13(11)8-5-9(21)15(22)16(23)14(8)19(12)28/h3-6,19H,1-2H3,(H,24,25). The van der Waals surface area contributed by atoms with Gasteiger partial charge in [-0.15, -0.1) is 0 Å². The van der Waals surface area contributed by atoms with Crippen LogP contribution >= 0.6 is 15.9 Å². The van der Waals surface area contributed by atoms with Crippen LogP contribution in [0, 0.1) is 18.6 Å². The van der Waals surface area contributed by atoms with Gasteiger partial charge in [-0.3, -0.25) is 14.4 Å². The highest BCUT2D eigenvalue weighted by atomic mass is 79.9. The number of benzene rings is 2. The molecule has 1 N–H and O–H groups in total. The molecule has 0 spiro atoms. The van der Waals surface area contributed by atoms with Gasteiger partial charge in [0.2, 0.25) is 0 Å². The summed E-state index contributed by atoms with van der Waals surface area (Å²) >= 11 is 3.13. The van der Waals surface area contributed by atoms with Crippen molar-refractivity contribution in [2.75, 3.05) is 4.90 Å². The minimum Gasteiger partial charge on any atom is -0.345 e. The van der Waals surface area contributed by atoms with Crippen LogP contribution < -0.4 is 4.90 Å². The van der Waals surface area contributed by atoms with E-state index >= 15 is 4.39 Å². The summed E-state index contributed by atoms with van der Waals surface area (Å²) in [6.45, 7) is 1.82. The number of rotatable bonds is 0. The number of aromatic nitrogens is 4. The van der Waals surface area contributed by atoms with Crippen molar-refractivity contribution < 1.29 is 13.6 Å². The largest absolute Gasteiger partial charge is 0.345 e. The first-order valence-corrected chi connectivity index (χ1v) is 9.70. The molecule has 9 heteroatoms. The number of hydrogen-bond donors (Lipinski definition) is 1. The summed E-state index contributed by atoms with van der Waals surface area (Å²) < 4.78 is 31.6. The highest BCUT2D eigenvalue weighted by Crippen LogP contribution is 2.55. The maximum atomic E-state index is 15.4. The lowest BCUT2D eigenvalue weighted by molar-refractivity contribution is 0.0987. The Balaban J connectivity index is 1.81. The van der Waals surface area contributed by atoms with Gasteiger partial charge in [-0.2, -0.15) is 5.10 Å². The van der Waals surface area contributed by atoms with E-state index in [9.17, 15) is 9.18 Å². The second kappa shape index (κ2) is 5.29. The summed E-state index contributed by atoms with van der Waals surface area (Å²) in [4.78, 5) is 22.2. The Morgan fingerprint density at radius 3 is 2.79 bits per heavy atom. The molecule has 0 bridgehead atoms. The van der Waals surface area contributed by atoms with E-state index in [0.717, 1.165) is 11.2 Å².